The van der Waals surface area contributed by atoms with Gasteiger partial charge in [0.1, 0.15) is 16.5 Å². The standard InChI is InChI=1S/C17H11F2N5S/c18-11-6-7-14(12(19)8-11)24-16(20)15(22-23-24)17-21-13(9-25-17)10-4-2-1-3-5-10/h1-9H,20H2. The first-order valence-electron chi connectivity index (χ1n) is 7.31. The van der Waals surface area contributed by atoms with Crippen LogP contribution in [-0.4, -0.2) is 20.0 Å². The van der Waals surface area contributed by atoms with Gasteiger partial charge in [0.25, 0.3) is 0 Å². The molecule has 0 saturated heterocycles. The molecule has 0 unspecified atom stereocenters. The Morgan fingerprint density at radius 1 is 1.04 bits per heavy atom. The number of hydrogen-bond acceptors (Lipinski definition) is 5. The van der Waals surface area contributed by atoms with E-state index in [1.165, 1.54) is 17.4 Å². The molecule has 4 aromatic rings. The Kier molecular flexibility index (Phi) is 3.73. The van der Waals surface area contributed by atoms with Crippen LogP contribution in [0.15, 0.2) is 53.9 Å². The second kappa shape index (κ2) is 6.06. The van der Waals surface area contributed by atoms with Crippen LogP contribution in [0.2, 0.25) is 0 Å². The molecule has 5 nitrogen and oxygen atoms in total. The first-order chi connectivity index (χ1) is 12.1. The van der Waals surface area contributed by atoms with Crippen LogP contribution < -0.4 is 5.73 Å². The van der Waals surface area contributed by atoms with E-state index in [1.807, 2.05) is 35.7 Å². The summed E-state index contributed by atoms with van der Waals surface area (Å²) in [4.78, 5) is 4.52. The molecule has 2 N–H and O–H groups in total. The number of nitrogens with zero attached hydrogens (tertiary/aromatic N) is 4. The number of rotatable bonds is 3. The van der Waals surface area contributed by atoms with E-state index < -0.39 is 11.6 Å². The summed E-state index contributed by atoms with van der Waals surface area (Å²) in [5.74, 6) is -1.31. The van der Waals surface area contributed by atoms with Crippen LogP contribution in [0.25, 0.3) is 27.6 Å². The number of hydrogen-bond donors (Lipinski definition) is 1. The summed E-state index contributed by atoms with van der Waals surface area (Å²) >= 11 is 1.37. The summed E-state index contributed by atoms with van der Waals surface area (Å²) in [5, 5.41) is 10.4. The Morgan fingerprint density at radius 2 is 1.84 bits per heavy atom. The number of halogens is 2. The minimum atomic E-state index is -0.771. The van der Waals surface area contributed by atoms with Gasteiger partial charge in [0, 0.05) is 17.0 Å². The molecule has 0 atom stereocenters. The Labute approximate surface area is 145 Å². The number of benzene rings is 2. The Morgan fingerprint density at radius 3 is 2.60 bits per heavy atom. The summed E-state index contributed by atoms with van der Waals surface area (Å²) in [7, 11) is 0. The van der Waals surface area contributed by atoms with E-state index in [1.54, 1.807) is 0 Å². The van der Waals surface area contributed by atoms with Crippen molar-refractivity contribution in [2.24, 2.45) is 0 Å². The van der Waals surface area contributed by atoms with Crippen LogP contribution in [0.5, 0.6) is 0 Å². The van der Waals surface area contributed by atoms with Crippen molar-refractivity contribution in [1.82, 2.24) is 20.0 Å². The van der Waals surface area contributed by atoms with Crippen molar-refractivity contribution in [2.75, 3.05) is 5.73 Å². The van der Waals surface area contributed by atoms with Gasteiger partial charge in [-0.3, -0.25) is 0 Å². The quantitative estimate of drug-likeness (QED) is 0.605. The average molecular weight is 355 g/mol. The summed E-state index contributed by atoms with van der Waals surface area (Å²) in [5.41, 5.74) is 8.22. The van der Waals surface area contributed by atoms with E-state index in [9.17, 15) is 8.78 Å². The molecule has 4 rings (SSSR count). The Bertz CT molecular complexity index is 1040. The second-order valence-corrected chi connectivity index (χ2v) is 6.09. The molecule has 2 heterocycles. The van der Waals surface area contributed by atoms with Crippen LogP contribution in [0, 0.1) is 11.6 Å². The van der Waals surface area contributed by atoms with E-state index in [2.05, 4.69) is 15.3 Å². The third-order valence-electron chi connectivity index (χ3n) is 3.62. The van der Waals surface area contributed by atoms with Crippen LogP contribution in [0.1, 0.15) is 0 Å². The molecular weight excluding hydrogens is 344 g/mol. The van der Waals surface area contributed by atoms with Gasteiger partial charge in [0.15, 0.2) is 17.3 Å². The smallest absolute Gasteiger partial charge is 0.165 e. The summed E-state index contributed by atoms with van der Waals surface area (Å²) in [6.45, 7) is 0. The zero-order valence-corrected chi connectivity index (χ0v) is 13.5. The predicted octanol–water partition coefficient (Wildman–Crippen LogP) is 3.92. The predicted molar refractivity (Wildman–Crippen MR) is 92.2 cm³/mol. The normalized spacial score (nSPS) is 11.0. The van der Waals surface area contributed by atoms with Crippen LogP contribution in [-0.2, 0) is 0 Å². The maximum Gasteiger partial charge on any atom is 0.165 e. The van der Waals surface area contributed by atoms with Crippen molar-refractivity contribution >= 4 is 17.2 Å². The zero-order valence-electron chi connectivity index (χ0n) is 12.7. The Balaban J connectivity index is 1.74. The number of thiazole rings is 1. The molecule has 0 saturated carbocycles. The SMILES string of the molecule is Nc1c(-c2nc(-c3ccccc3)cs2)nnn1-c1ccc(F)cc1F. The maximum absolute atomic E-state index is 14.0. The van der Waals surface area contributed by atoms with Gasteiger partial charge in [-0.15, -0.1) is 16.4 Å². The molecule has 25 heavy (non-hydrogen) atoms. The third-order valence-corrected chi connectivity index (χ3v) is 4.47. The van der Waals surface area contributed by atoms with Crippen molar-refractivity contribution in [2.45, 2.75) is 0 Å². The molecule has 0 aliphatic carbocycles. The van der Waals surface area contributed by atoms with Gasteiger partial charge < -0.3 is 5.73 Å². The molecule has 8 heteroatoms. The molecule has 0 fully saturated rings. The van der Waals surface area contributed by atoms with Gasteiger partial charge in [-0.1, -0.05) is 35.5 Å². The van der Waals surface area contributed by atoms with Gasteiger partial charge in [-0.25, -0.2) is 13.8 Å². The summed E-state index contributed by atoms with van der Waals surface area (Å²) in [6, 6.07) is 12.9. The highest BCUT2D eigenvalue weighted by Crippen LogP contribution is 2.31. The first kappa shape index (κ1) is 15.4. The van der Waals surface area contributed by atoms with Gasteiger partial charge in [-0.05, 0) is 12.1 Å². The zero-order chi connectivity index (χ0) is 17.4. The number of aromatic nitrogens is 4. The van der Waals surface area contributed by atoms with Crippen molar-refractivity contribution in [1.29, 1.82) is 0 Å². The van der Waals surface area contributed by atoms with Crippen molar-refractivity contribution in [3.63, 3.8) is 0 Å². The molecule has 2 aromatic carbocycles. The van der Waals surface area contributed by atoms with Crippen molar-refractivity contribution < 1.29 is 8.78 Å². The molecule has 2 aromatic heterocycles. The van der Waals surface area contributed by atoms with Gasteiger partial charge in [-0.2, -0.15) is 4.68 Å². The van der Waals surface area contributed by atoms with Crippen molar-refractivity contribution in [3.05, 3.63) is 65.5 Å². The number of anilines is 1. The second-order valence-electron chi connectivity index (χ2n) is 5.23. The highest BCUT2D eigenvalue weighted by Gasteiger charge is 2.18. The Hall–Kier alpha value is -3.13. The molecule has 0 spiro atoms. The third kappa shape index (κ3) is 2.76. The van der Waals surface area contributed by atoms with Crippen LogP contribution >= 0.6 is 11.3 Å². The molecule has 0 aliphatic rings. The molecule has 0 bridgehead atoms. The fourth-order valence-electron chi connectivity index (χ4n) is 2.40. The highest BCUT2D eigenvalue weighted by atomic mass is 32.1. The van der Waals surface area contributed by atoms with Crippen LogP contribution in [0.4, 0.5) is 14.6 Å². The molecule has 124 valence electrons. The lowest BCUT2D eigenvalue weighted by Crippen LogP contribution is -2.05. The molecule has 0 radical (unpaired) electrons. The molecule has 0 aliphatic heterocycles. The van der Waals surface area contributed by atoms with Gasteiger partial charge in [0.2, 0.25) is 0 Å². The van der Waals surface area contributed by atoms with E-state index in [0.717, 1.165) is 28.1 Å². The minimum Gasteiger partial charge on any atom is -0.382 e. The lowest BCUT2D eigenvalue weighted by atomic mass is 10.2. The van der Waals surface area contributed by atoms with E-state index in [0.29, 0.717) is 10.7 Å². The monoisotopic (exact) mass is 355 g/mol. The summed E-state index contributed by atoms with van der Waals surface area (Å²) in [6.07, 6.45) is 0. The fraction of sp³-hybridized carbons (Fsp3) is 0. The van der Waals surface area contributed by atoms with Crippen LogP contribution in [0.3, 0.4) is 0 Å². The summed E-state index contributed by atoms with van der Waals surface area (Å²) < 4.78 is 28.2. The highest BCUT2D eigenvalue weighted by molar-refractivity contribution is 7.13. The van der Waals surface area contributed by atoms with E-state index in [-0.39, 0.29) is 11.5 Å². The topological polar surface area (TPSA) is 69.6 Å². The maximum atomic E-state index is 14.0. The average Bonchev–Trinajstić information content (AvgIpc) is 3.23. The largest absolute Gasteiger partial charge is 0.382 e. The lowest BCUT2D eigenvalue weighted by Gasteiger charge is -2.04. The number of nitrogen functional groups attached to an aromatic ring is 1. The minimum absolute atomic E-state index is 0.0255. The van der Waals surface area contributed by atoms with Crippen molar-refractivity contribution in [3.8, 4) is 27.6 Å². The van der Waals surface area contributed by atoms with Gasteiger partial charge >= 0.3 is 0 Å². The van der Waals surface area contributed by atoms with E-state index in [4.69, 9.17) is 5.73 Å². The number of nitrogens with two attached hydrogens (primary N) is 1. The fourth-order valence-corrected chi connectivity index (χ4v) is 3.22. The first-order valence-corrected chi connectivity index (χ1v) is 8.19. The molecular formula is C17H11F2N5S. The van der Waals surface area contributed by atoms with Gasteiger partial charge in [0.05, 0.1) is 5.69 Å². The molecule has 0 amide bonds. The van der Waals surface area contributed by atoms with E-state index >= 15 is 0 Å². The lowest BCUT2D eigenvalue weighted by molar-refractivity contribution is 0.572.